The number of benzene rings is 1. The summed E-state index contributed by atoms with van der Waals surface area (Å²) in [6.07, 6.45) is 4.95. The Morgan fingerprint density at radius 3 is 2.88 bits per heavy atom. The van der Waals surface area contributed by atoms with Gasteiger partial charge in [0.2, 0.25) is 5.91 Å². The smallest absolute Gasteiger partial charge is 0.267 e. The Morgan fingerprint density at radius 2 is 2.17 bits per heavy atom. The molecule has 7 nitrogen and oxygen atoms in total. The fourth-order valence-corrected chi connectivity index (χ4v) is 3.61. The zero-order chi connectivity index (χ0) is 17.3. The molecule has 126 valence electrons. The second-order valence-electron chi connectivity index (χ2n) is 5.69. The van der Waals surface area contributed by atoms with E-state index in [0.29, 0.717) is 6.42 Å². The zero-order valence-electron chi connectivity index (χ0n) is 13.4. The van der Waals surface area contributed by atoms with Crippen molar-refractivity contribution < 1.29 is 13.2 Å². The maximum Gasteiger partial charge on any atom is 0.267 e. The predicted octanol–water partition coefficient (Wildman–Crippen LogP) is 1.65. The molecule has 24 heavy (non-hydrogen) atoms. The number of H-pyrrole nitrogens is 1. The Labute approximate surface area is 139 Å². The summed E-state index contributed by atoms with van der Waals surface area (Å²) < 4.78 is 27.6. The number of amides is 1. The molecule has 0 saturated heterocycles. The van der Waals surface area contributed by atoms with Crippen molar-refractivity contribution in [3.8, 4) is 0 Å². The highest BCUT2D eigenvalue weighted by molar-refractivity contribution is 7.90. The molecule has 0 spiro atoms. The third-order valence-electron chi connectivity index (χ3n) is 3.87. The maximum absolute atomic E-state index is 12.1. The summed E-state index contributed by atoms with van der Waals surface area (Å²) in [5, 5.41) is 4.85. The molecule has 2 aromatic heterocycles. The fourth-order valence-electron chi connectivity index (χ4n) is 2.62. The minimum absolute atomic E-state index is 0.0268. The first-order chi connectivity index (χ1) is 11.4. The predicted molar refractivity (Wildman–Crippen MR) is 89.9 cm³/mol. The minimum Gasteiger partial charge on any atom is -0.361 e. The summed E-state index contributed by atoms with van der Waals surface area (Å²) in [4.78, 5) is 15.2. The van der Waals surface area contributed by atoms with Crippen molar-refractivity contribution in [3.05, 3.63) is 47.9 Å². The van der Waals surface area contributed by atoms with Gasteiger partial charge in [-0.25, -0.2) is 13.1 Å². The number of aromatic amines is 1. The first kappa shape index (κ1) is 16.3. The van der Waals surface area contributed by atoms with Gasteiger partial charge in [-0.05, 0) is 24.5 Å². The summed E-state index contributed by atoms with van der Waals surface area (Å²) >= 11 is 0. The van der Waals surface area contributed by atoms with Gasteiger partial charge in [0.25, 0.3) is 10.0 Å². The van der Waals surface area contributed by atoms with Gasteiger partial charge in [0.05, 0.1) is 6.20 Å². The fraction of sp³-hybridized carbons (Fsp3) is 0.250. The normalized spacial score (nSPS) is 11.8. The molecule has 0 aliphatic carbocycles. The molecule has 3 aromatic rings. The summed E-state index contributed by atoms with van der Waals surface area (Å²) in [6, 6.07) is 5.95. The third kappa shape index (κ3) is 3.18. The quantitative estimate of drug-likeness (QED) is 0.734. The Morgan fingerprint density at radius 1 is 1.38 bits per heavy atom. The van der Waals surface area contributed by atoms with E-state index < -0.39 is 15.9 Å². The standard InChI is InChI=1S/C16H18N4O3S/c1-11-4-3-5-14-12(8-17-16(11)14)6-7-15(21)19-24(22,23)13-9-18-20(2)10-13/h3-5,8-10,17H,6-7H2,1-2H3,(H,19,21). The van der Waals surface area contributed by atoms with Gasteiger partial charge in [-0.15, -0.1) is 0 Å². The SMILES string of the molecule is Cc1cccc2c(CCC(=O)NS(=O)(=O)c3cnn(C)c3)c[nH]c12. The zero-order valence-corrected chi connectivity index (χ0v) is 14.2. The monoisotopic (exact) mass is 346 g/mol. The van der Waals surface area contributed by atoms with E-state index in [-0.39, 0.29) is 11.3 Å². The van der Waals surface area contributed by atoms with Crippen LogP contribution in [0.15, 0.2) is 41.7 Å². The molecule has 3 rings (SSSR count). The van der Waals surface area contributed by atoms with Gasteiger partial charge < -0.3 is 4.98 Å². The summed E-state index contributed by atoms with van der Waals surface area (Å²) in [5.74, 6) is -0.541. The molecule has 0 radical (unpaired) electrons. The first-order valence-corrected chi connectivity index (χ1v) is 8.95. The summed E-state index contributed by atoms with van der Waals surface area (Å²) in [6.45, 7) is 2.01. The minimum atomic E-state index is -3.87. The molecule has 2 heterocycles. The summed E-state index contributed by atoms with van der Waals surface area (Å²) in [7, 11) is -2.26. The number of para-hydroxylation sites is 1. The van der Waals surface area contributed by atoms with E-state index in [1.807, 2.05) is 31.3 Å². The van der Waals surface area contributed by atoms with E-state index >= 15 is 0 Å². The average Bonchev–Trinajstić information content (AvgIpc) is 3.12. The van der Waals surface area contributed by atoms with Gasteiger partial charge in [-0.1, -0.05) is 18.2 Å². The number of aryl methyl sites for hydroxylation is 3. The number of rotatable bonds is 5. The van der Waals surface area contributed by atoms with Crippen LogP contribution in [0, 0.1) is 6.92 Å². The molecular formula is C16H18N4O3S. The maximum atomic E-state index is 12.1. The van der Waals surface area contributed by atoms with E-state index in [0.717, 1.165) is 22.0 Å². The van der Waals surface area contributed by atoms with Crippen LogP contribution < -0.4 is 4.72 Å². The molecule has 1 aromatic carbocycles. The molecule has 8 heteroatoms. The molecule has 2 N–H and O–H groups in total. The van der Waals surface area contributed by atoms with Crippen molar-refractivity contribution in [2.75, 3.05) is 0 Å². The second kappa shape index (κ2) is 6.12. The van der Waals surface area contributed by atoms with Crippen molar-refractivity contribution >= 4 is 26.8 Å². The Balaban J connectivity index is 1.68. The average molecular weight is 346 g/mol. The molecule has 0 saturated carbocycles. The summed E-state index contributed by atoms with van der Waals surface area (Å²) in [5.41, 5.74) is 3.15. The van der Waals surface area contributed by atoms with Crippen molar-refractivity contribution in [3.63, 3.8) is 0 Å². The lowest BCUT2D eigenvalue weighted by Crippen LogP contribution is -2.30. The number of carbonyl (C=O) groups is 1. The lowest BCUT2D eigenvalue weighted by Gasteiger charge is -2.05. The van der Waals surface area contributed by atoms with E-state index in [9.17, 15) is 13.2 Å². The van der Waals surface area contributed by atoms with Crippen LogP contribution in [0.3, 0.4) is 0 Å². The van der Waals surface area contributed by atoms with Gasteiger partial charge in [-0.2, -0.15) is 5.10 Å². The van der Waals surface area contributed by atoms with Crippen molar-refractivity contribution in [1.82, 2.24) is 19.5 Å². The van der Waals surface area contributed by atoms with Crippen LogP contribution in [0.25, 0.3) is 10.9 Å². The van der Waals surface area contributed by atoms with Crippen molar-refractivity contribution in [2.45, 2.75) is 24.7 Å². The van der Waals surface area contributed by atoms with Gasteiger partial charge in [-0.3, -0.25) is 9.48 Å². The van der Waals surface area contributed by atoms with Gasteiger partial charge in [0.1, 0.15) is 4.90 Å². The van der Waals surface area contributed by atoms with E-state index in [4.69, 9.17) is 0 Å². The third-order valence-corrected chi connectivity index (χ3v) is 5.20. The van der Waals surface area contributed by atoms with E-state index in [1.165, 1.54) is 17.1 Å². The highest BCUT2D eigenvalue weighted by atomic mass is 32.2. The number of carbonyl (C=O) groups excluding carboxylic acids is 1. The van der Waals surface area contributed by atoms with Crippen molar-refractivity contribution in [1.29, 1.82) is 0 Å². The van der Waals surface area contributed by atoms with Crippen LogP contribution in [-0.4, -0.2) is 29.1 Å². The van der Waals surface area contributed by atoms with Crippen LogP contribution >= 0.6 is 0 Å². The molecule has 0 aliphatic rings. The Hall–Kier alpha value is -2.61. The van der Waals surface area contributed by atoms with Crippen LogP contribution in [0.1, 0.15) is 17.5 Å². The number of nitrogens with zero attached hydrogens (tertiary/aromatic N) is 2. The topological polar surface area (TPSA) is 96.8 Å². The first-order valence-electron chi connectivity index (χ1n) is 7.47. The van der Waals surface area contributed by atoms with Gasteiger partial charge in [0, 0.05) is 36.8 Å². The highest BCUT2D eigenvalue weighted by Gasteiger charge is 2.19. The van der Waals surface area contributed by atoms with E-state index in [2.05, 4.69) is 14.8 Å². The lowest BCUT2D eigenvalue weighted by atomic mass is 10.1. The van der Waals surface area contributed by atoms with E-state index in [1.54, 1.807) is 7.05 Å². The highest BCUT2D eigenvalue weighted by Crippen LogP contribution is 2.22. The van der Waals surface area contributed by atoms with Gasteiger partial charge in [0.15, 0.2) is 0 Å². The Kier molecular flexibility index (Phi) is 4.15. The lowest BCUT2D eigenvalue weighted by molar-refractivity contribution is -0.119. The van der Waals surface area contributed by atoms with Crippen LogP contribution in [0.2, 0.25) is 0 Å². The second-order valence-corrected chi connectivity index (χ2v) is 7.37. The number of hydrogen-bond donors (Lipinski definition) is 2. The van der Waals surface area contributed by atoms with Crippen LogP contribution in [0.5, 0.6) is 0 Å². The number of aromatic nitrogens is 3. The molecule has 1 amide bonds. The number of sulfonamides is 1. The molecular weight excluding hydrogens is 328 g/mol. The number of fused-ring (bicyclic) bond motifs is 1. The van der Waals surface area contributed by atoms with Crippen molar-refractivity contribution in [2.24, 2.45) is 7.05 Å². The number of nitrogens with one attached hydrogen (secondary N) is 2. The molecule has 0 unspecified atom stereocenters. The largest absolute Gasteiger partial charge is 0.361 e. The van der Waals surface area contributed by atoms with Crippen LogP contribution in [-0.2, 0) is 28.3 Å². The number of hydrogen-bond acceptors (Lipinski definition) is 4. The molecule has 0 aliphatic heterocycles. The molecule has 0 atom stereocenters. The molecule has 0 bridgehead atoms. The van der Waals surface area contributed by atoms with Gasteiger partial charge >= 0.3 is 0 Å². The molecule has 0 fully saturated rings. The Bertz CT molecular complexity index is 1000. The van der Waals surface area contributed by atoms with Crippen LogP contribution in [0.4, 0.5) is 0 Å².